The molecule has 0 bridgehead atoms. The molecule has 0 saturated carbocycles. The van der Waals surface area contributed by atoms with Gasteiger partial charge in [-0.05, 0) is 66.6 Å². The highest BCUT2D eigenvalue weighted by molar-refractivity contribution is 7.92. The molecule has 0 unspecified atom stereocenters. The Morgan fingerprint density at radius 2 is 1.77 bits per heavy atom. The van der Waals surface area contributed by atoms with Crippen molar-refractivity contribution >= 4 is 38.8 Å². The monoisotopic (exact) mass is 569 g/mol. The van der Waals surface area contributed by atoms with Crippen molar-refractivity contribution in [2.45, 2.75) is 13.3 Å². The lowest BCUT2D eigenvalue weighted by Gasteiger charge is -2.23. The number of hydrogen-bond donors (Lipinski definition) is 1. The number of hydrogen-bond acceptors (Lipinski definition) is 8. The van der Waals surface area contributed by atoms with E-state index in [1.165, 1.54) is 38.4 Å². The van der Waals surface area contributed by atoms with Crippen molar-refractivity contribution in [1.29, 1.82) is 0 Å². The minimum Gasteiger partial charge on any atom is -0.492 e. The first kappa shape index (κ1) is 28.6. The quantitative estimate of drug-likeness (QED) is 0.282. The number of carbonyl (C=O) groups excluding carboxylic acids is 2. The maximum absolute atomic E-state index is 13.5. The highest BCUT2D eigenvalue weighted by atomic mass is 32.2. The van der Waals surface area contributed by atoms with E-state index in [0.717, 1.165) is 10.6 Å². The summed E-state index contributed by atoms with van der Waals surface area (Å²) in [5, 5.41) is 2.99. The highest BCUT2D eigenvalue weighted by Gasteiger charge is 2.27. The van der Waals surface area contributed by atoms with Gasteiger partial charge in [-0.1, -0.05) is 6.92 Å². The predicted molar refractivity (Wildman–Crippen MR) is 148 cm³/mol. The number of sulfonamides is 1. The molecule has 0 saturated heterocycles. The van der Waals surface area contributed by atoms with Gasteiger partial charge in [-0.3, -0.25) is 9.10 Å². The fourth-order valence-corrected chi connectivity index (χ4v) is 5.05. The van der Waals surface area contributed by atoms with Gasteiger partial charge in [0.1, 0.15) is 29.8 Å². The van der Waals surface area contributed by atoms with E-state index in [2.05, 4.69) is 15.0 Å². The average molecular weight is 570 g/mol. The van der Waals surface area contributed by atoms with Crippen LogP contribution < -0.4 is 14.4 Å². The number of nitrogens with zero attached hydrogens (tertiary/aromatic N) is 2. The maximum Gasteiger partial charge on any atom is 0.337 e. The Morgan fingerprint density at radius 1 is 1.10 bits per heavy atom. The first-order chi connectivity index (χ1) is 19.1. The Balaban J connectivity index is 1.71. The van der Waals surface area contributed by atoms with E-state index in [9.17, 15) is 22.4 Å². The van der Waals surface area contributed by atoms with E-state index in [0.29, 0.717) is 34.2 Å². The second-order valence-electron chi connectivity index (χ2n) is 8.77. The zero-order chi connectivity index (χ0) is 29.0. The van der Waals surface area contributed by atoms with Gasteiger partial charge in [0.2, 0.25) is 15.7 Å². The zero-order valence-corrected chi connectivity index (χ0v) is 23.2. The molecule has 210 valence electrons. The van der Waals surface area contributed by atoms with Crippen LogP contribution in [0.3, 0.4) is 0 Å². The van der Waals surface area contributed by atoms with Gasteiger partial charge in [0, 0.05) is 12.6 Å². The lowest BCUT2D eigenvalue weighted by Crippen LogP contribution is -2.35. The van der Waals surface area contributed by atoms with Crippen molar-refractivity contribution in [3.63, 3.8) is 0 Å². The van der Waals surface area contributed by atoms with Crippen LogP contribution in [0, 0.1) is 5.82 Å². The third-order valence-corrected chi connectivity index (χ3v) is 7.31. The first-order valence-corrected chi connectivity index (χ1v) is 14.2. The maximum atomic E-state index is 13.5. The van der Waals surface area contributed by atoms with Crippen LogP contribution in [0.5, 0.6) is 5.75 Å². The van der Waals surface area contributed by atoms with E-state index in [1.54, 1.807) is 30.3 Å². The molecule has 1 amide bonds. The number of furan rings is 1. The molecule has 40 heavy (non-hydrogen) atoms. The number of esters is 1. The number of aryl methyl sites for hydroxylation is 1. The molecule has 10 nitrogen and oxygen atoms in total. The van der Waals surface area contributed by atoms with Crippen molar-refractivity contribution in [3.8, 4) is 17.1 Å². The van der Waals surface area contributed by atoms with Gasteiger partial charge in [0.05, 0.1) is 36.4 Å². The van der Waals surface area contributed by atoms with Crippen LogP contribution in [0.4, 0.5) is 10.2 Å². The van der Waals surface area contributed by atoms with Crippen molar-refractivity contribution < 1.29 is 36.3 Å². The first-order valence-electron chi connectivity index (χ1n) is 12.3. The Morgan fingerprint density at radius 3 is 2.35 bits per heavy atom. The summed E-state index contributed by atoms with van der Waals surface area (Å²) in [5.74, 6) is -0.591. The second kappa shape index (κ2) is 11.7. The molecule has 12 heteroatoms. The molecule has 4 aromatic rings. The molecule has 0 radical (unpaired) electrons. The van der Waals surface area contributed by atoms with Crippen LogP contribution in [-0.4, -0.2) is 58.8 Å². The molecular formula is C28H28FN3O7S. The number of anilines is 1. The van der Waals surface area contributed by atoms with Crippen LogP contribution in [0.25, 0.3) is 22.4 Å². The highest BCUT2D eigenvalue weighted by Crippen LogP contribution is 2.36. The van der Waals surface area contributed by atoms with Crippen LogP contribution in [-0.2, 0) is 21.2 Å². The van der Waals surface area contributed by atoms with E-state index in [4.69, 9.17) is 9.15 Å². The standard InChI is InChI=1S/C28H28FN3O7S/c1-5-17-16-22-23(26(33)30-2)24(18-6-10-20(29)11-7-18)39-27(22)31-25(17)32(40(4,35)36)14-15-38-21-12-8-19(9-13-21)28(34)37-3/h6-13,16H,5,14-15H2,1-4H3,(H,30,33). The number of nitrogens with one attached hydrogen (secondary N) is 1. The molecule has 0 fully saturated rings. The zero-order valence-electron chi connectivity index (χ0n) is 22.4. The molecule has 4 rings (SSSR count). The van der Waals surface area contributed by atoms with Gasteiger partial charge >= 0.3 is 5.97 Å². The van der Waals surface area contributed by atoms with E-state index in [1.807, 2.05) is 6.92 Å². The van der Waals surface area contributed by atoms with Gasteiger partial charge in [0.25, 0.3) is 5.91 Å². The molecule has 2 aromatic carbocycles. The van der Waals surface area contributed by atoms with Gasteiger partial charge in [0.15, 0.2) is 0 Å². The normalized spacial score (nSPS) is 11.3. The number of methoxy groups -OCH3 is 1. The van der Waals surface area contributed by atoms with Crippen LogP contribution in [0.2, 0.25) is 0 Å². The molecule has 0 aliphatic heterocycles. The van der Waals surface area contributed by atoms with Gasteiger partial charge in [-0.2, -0.15) is 4.98 Å². The Labute approximate surface area is 230 Å². The van der Waals surface area contributed by atoms with Gasteiger partial charge in [-0.15, -0.1) is 0 Å². The molecule has 0 spiro atoms. The number of pyridine rings is 1. The average Bonchev–Trinajstić information content (AvgIpc) is 3.32. The number of rotatable bonds is 10. The molecule has 0 atom stereocenters. The summed E-state index contributed by atoms with van der Waals surface area (Å²) in [7, 11) is -1.04. The predicted octanol–water partition coefficient (Wildman–Crippen LogP) is 4.19. The minimum atomic E-state index is -3.81. The molecule has 0 aliphatic carbocycles. The summed E-state index contributed by atoms with van der Waals surface area (Å²) < 4.78 is 56.8. The van der Waals surface area contributed by atoms with Gasteiger partial charge < -0.3 is 19.2 Å². The SMILES string of the molecule is CCc1cc2c(C(=O)NC)c(-c3ccc(F)cc3)oc2nc1N(CCOc1ccc(C(=O)OC)cc1)S(C)(=O)=O. The largest absolute Gasteiger partial charge is 0.492 e. The van der Waals surface area contributed by atoms with Crippen LogP contribution in [0.1, 0.15) is 33.2 Å². The number of halogens is 1. The molecule has 2 aromatic heterocycles. The molecule has 1 N–H and O–H groups in total. The third kappa shape index (κ3) is 5.91. The number of aromatic nitrogens is 1. The lowest BCUT2D eigenvalue weighted by molar-refractivity contribution is 0.0600. The topological polar surface area (TPSA) is 128 Å². The summed E-state index contributed by atoms with van der Waals surface area (Å²) in [5.41, 5.74) is 1.65. The summed E-state index contributed by atoms with van der Waals surface area (Å²) in [6.07, 6.45) is 1.47. The number of fused-ring (bicyclic) bond motifs is 1. The second-order valence-corrected chi connectivity index (χ2v) is 10.7. The molecule has 2 heterocycles. The number of ether oxygens (including phenoxy) is 2. The van der Waals surface area contributed by atoms with Crippen molar-refractivity contribution in [1.82, 2.24) is 10.3 Å². The molecule has 0 aliphatic rings. The van der Waals surface area contributed by atoms with E-state index in [-0.39, 0.29) is 36.0 Å². The Bertz CT molecular complexity index is 1650. The van der Waals surface area contributed by atoms with Crippen molar-refractivity contribution in [2.24, 2.45) is 0 Å². The smallest absolute Gasteiger partial charge is 0.337 e. The fraction of sp³-hybridized carbons (Fsp3) is 0.250. The Hall–Kier alpha value is -4.45. The summed E-state index contributed by atoms with van der Waals surface area (Å²) in [6.45, 7) is 1.75. The summed E-state index contributed by atoms with van der Waals surface area (Å²) in [4.78, 5) is 29.0. The van der Waals surface area contributed by atoms with E-state index < -0.39 is 27.7 Å². The summed E-state index contributed by atoms with van der Waals surface area (Å²) >= 11 is 0. The number of carbonyl (C=O) groups is 2. The summed E-state index contributed by atoms with van der Waals surface area (Å²) in [6, 6.07) is 13.4. The Kier molecular flexibility index (Phi) is 8.38. The number of amides is 1. The minimum absolute atomic E-state index is 0.0179. The van der Waals surface area contributed by atoms with Gasteiger partial charge in [-0.25, -0.2) is 17.6 Å². The molecular weight excluding hydrogens is 541 g/mol. The van der Waals surface area contributed by atoms with Crippen molar-refractivity contribution in [2.75, 3.05) is 37.9 Å². The number of benzene rings is 2. The lowest BCUT2D eigenvalue weighted by atomic mass is 10.0. The van der Waals surface area contributed by atoms with E-state index >= 15 is 0 Å². The third-order valence-electron chi connectivity index (χ3n) is 6.16. The van der Waals surface area contributed by atoms with Crippen LogP contribution >= 0.6 is 0 Å². The van der Waals surface area contributed by atoms with Crippen LogP contribution in [0.15, 0.2) is 59.0 Å². The fourth-order valence-electron chi connectivity index (χ4n) is 4.17. The van der Waals surface area contributed by atoms with Crippen molar-refractivity contribution in [3.05, 3.63) is 77.1 Å².